The maximum absolute atomic E-state index is 13.0. The van der Waals surface area contributed by atoms with E-state index in [0.717, 1.165) is 0 Å². The summed E-state index contributed by atoms with van der Waals surface area (Å²) in [5, 5.41) is 10.7. The zero-order valence-corrected chi connectivity index (χ0v) is 12.0. The van der Waals surface area contributed by atoms with E-state index in [0.29, 0.717) is 29.2 Å². The molecular weight excluding hydrogens is 305 g/mol. The zero-order valence-electron chi connectivity index (χ0n) is 11.3. The summed E-state index contributed by atoms with van der Waals surface area (Å²) in [7, 11) is 0. The van der Waals surface area contributed by atoms with Crippen molar-refractivity contribution in [3.63, 3.8) is 0 Å². The van der Waals surface area contributed by atoms with E-state index in [9.17, 15) is 18.3 Å². The SMILES string of the molecule is O[C@@H]1CC2(CCCC(C(F)(F)F)C2)Oc2ccc(Cl)cc21. The lowest BCUT2D eigenvalue weighted by Crippen LogP contribution is -2.47. The number of fused-ring (bicyclic) bond motifs is 1. The molecule has 0 aromatic heterocycles. The van der Waals surface area contributed by atoms with Crippen LogP contribution in [0.3, 0.4) is 0 Å². The molecule has 0 bridgehead atoms. The van der Waals surface area contributed by atoms with Gasteiger partial charge in [-0.25, -0.2) is 0 Å². The fourth-order valence-corrected chi connectivity index (χ4v) is 3.67. The minimum atomic E-state index is -4.21. The summed E-state index contributed by atoms with van der Waals surface area (Å²) in [6, 6.07) is 4.85. The number of hydrogen-bond donors (Lipinski definition) is 1. The van der Waals surface area contributed by atoms with E-state index < -0.39 is 23.8 Å². The number of rotatable bonds is 0. The van der Waals surface area contributed by atoms with E-state index in [4.69, 9.17) is 16.3 Å². The third-order valence-electron chi connectivity index (χ3n) is 4.49. The molecule has 2 unspecified atom stereocenters. The van der Waals surface area contributed by atoms with E-state index in [1.807, 2.05) is 0 Å². The number of hydrogen-bond acceptors (Lipinski definition) is 2. The molecule has 0 saturated heterocycles. The second kappa shape index (κ2) is 5.06. The van der Waals surface area contributed by atoms with E-state index >= 15 is 0 Å². The van der Waals surface area contributed by atoms with Gasteiger partial charge >= 0.3 is 6.18 Å². The Labute approximate surface area is 125 Å². The first-order valence-corrected chi connectivity index (χ1v) is 7.40. The van der Waals surface area contributed by atoms with Gasteiger partial charge < -0.3 is 9.84 Å². The normalized spacial score (nSPS) is 32.6. The molecule has 1 spiro atoms. The third-order valence-corrected chi connectivity index (χ3v) is 4.72. The van der Waals surface area contributed by atoms with Gasteiger partial charge in [0.05, 0.1) is 12.0 Å². The molecule has 1 aromatic rings. The summed E-state index contributed by atoms with van der Waals surface area (Å²) in [4.78, 5) is 0. The van der Waals surface area contributed by atoms with Crippen LogP contribution in [-0.2, 0) is 0 Å². The second-order valence-electron chi connectivity index (χ2n) is 6.02. The largest absolute Gasteiger partial charge is 0.487 e. The molecule has 0 amide bonds. The van der Waals surface area contributed by atoms with Crippen molar-refractivity contribution < 1.29 is 23.0 Å². The zero-order chi connectivity index (χ0) is 15.3. The van der Waals surface area contributed by atoms with E-state index in [1.165, 1.54) is 0 Å². The summed E-state index contributed by atoms with van der Waals surface area (Å²) in [5.74, 6) is -0.909. The van der Waals surface area contributed by atoms with Crippen molar-refractivity contribution in [1.82, 2.24) is 0 Å². The number of halogens is 4. The predicted octanol–water partition coefficient (Wildman–Crippen LogP) is 4.65. The molecule has 1 saturated carbocycles. The summed E-state index contributed by atoms with van der Waals surface area (Å²) >= 11 is 5.89. The Balaban J connectivity index is 1.89. The molecule has 1 fully saturated rings. The Morgan fingerprint density at radius 2 is 2.05 bits per heavy atom. The van der Waals surface area contributed by atoms with Crippen molar-refractivity contribution in [3.05, 3.63) is 28.8 Å². The average Bonchev–Trinajstić information content (AvgIpc) is 2.39. The highest BCUT2D eigenvalue weighted by Gasteiger charge is 2.51. The van der Waals surface area contributed by atoms with Crippen LogP contribution in [0.1, 0.15) is 43.8 Å². The Bertz CT molecular complexity index is 546. The van der Waals surface area contributed by atoms with Gasteiger partial charge in [0.1, 0.15) is 11.4 Å². The highest BCUT2D eigenvalue weighted by molar-refractivity contribution is 6.30. The molecule has 6 heteroatoms. The lowest BCUT2D eigenvalue weighted by molar-refractivity contribution is -0.201. The predicted molar refractivity (Wildman–Crippen MR) is 72.4 cm³/mol. The van der Waals surface area contributed by atoms with E-state index in [1.54, 1.807) is 18.2 Å². The Morgan fingerprint density at radius 3 is 2.76 bits per heavy atom. The first-order chi connectivity index (χ1) is 9.79. The van der Waals surface area contributed by atoms with Crippen LogP contribution in [0.4, 0.5) is 13.2 Å². The van der Waals surface area contributed by atoms with Crippen LogP contribution in [0.15, 0.2) is 18.2 Å². The van der Waals surface area contributed by atoms with Gasteiger partial charge in [-0.3, -0.25) is 0 Å². The Hall–Kier alpha value is -0.940. The first kappa shape index (κ1) is 15.0. The van der Waals surface area contributed by atoms with Gasteiger partial charge in [-0.15, -0.1) is 0 Å². The van der Waals surface area contributed by atoms with Gasteiger partial charge in [0.15, 0.2) is 0 Å². The molecule has 1 N–H and O–H groups in total. The van der Waals surface area contributed by atoms with Crippen LogP contribution < -0.4 is 4.74 Å². The number of aliphatic hydroxyl groups is 1. The first-order valence-electron chi connectivity index (χ1n) is 7.02. The molecule has 1 aromatic carbocycles. The van der Waals surface area contributed by atoms with Crippen molar-refractivity contribution in [1.29, 1.82) is 0 Å². The molecule has 3 atom stereocenters. The lowest BCUT2D eigenvalue weighted by atomic mass is 9.73. The molecule has 1 aliphatic carbocycles. The molecule has 0 radical (unpaired) electrons. The quantitative estimate of drug-likeness (QED) is 0.754. The fraction of sp³-hybridized carbons (Fsp3) is 0.600. The third kappa shape index (κ3) is 2.86. The fourth-order valence-electron chi connectivity index (χ4n) is 3.49. The monoisotopic (exact) mass is 320 g/mol. The van der Waals surface area contributed by atoms with Gasteiger partial charge in [-0.1, -0.05) is 11.6 Å². The van der Waals surface area contributed by atoms with Crippen molar-refractivity contribution in [2.45, 2.75) is 50.0 Å². The van der Waals surface area contributed by atoms with Crippen molar-refractivity contribution in [2.24, 2.45) is 5.92 Å². The van der Waals surface area contributed by atoms with Gasteiger partial charge in [-0.05, 0) is 43.9 Å². The van der Waals surface area contributed by atoms with Crippen molar-refractivity contribution in [2.75, 3.05) is 0 Å². The molecule has 21 heavy (non-hydrogen) atoms. The van der Waals surface area contributed by atoms with E-state index in [2.05, 4.69) is 0 Å². The molecule has 1 heterocycles. The topological polar surface area (TPSA) is 29.5 Å². The summed E-state index contributed by atoms with van der Waals surface area (Å²) in [6.45, 7) is 0. The Kier molecular flexibility index (Phi) is 3.61. The minimum absolute atomic E-state index is 0.0877. The molecule has 1 aliphatic heterocycles. The maximum atomic E-state index is 13.0. The summed E-state index contributed by atoms with van der Waals surface area (Å²) < 4.78 is 44.9. The van der Waals surface area contributed by atoms with E-state index in [-0.39, 0.29) is 19.3 Å². The molecule has 2 nitrogen and oxygen atoms in total. The average molecular weight is 321 g/mol. The van der Waals surface area contributed by atoms with Gasteiger partial charge in [0.2, 0.25) is 0 Å². The van der Waals surface area contributed by atoms with Crippen molar-refractivity contribution >= 4 is 11.6 Å². The van der Waals surface area contributed by atoms with Gasteiger partial charge in [0, 0.05) is 17.0 Å². The molecule has 2 aliphatic rings. The summed E-state index contributed by atoms with van der Waals surface area (Å²) in [6.07, 6.45) is -3.80. The van der Waals surface area contributed by atoms with Crippen LogP contribution >= 0.6 is 11.6 Å². The smallest absolute Gasteiger partial charge is 0.391 e. The molecular formula is C15H16ClF3O2. The highest BCUT2D eigenvalue weighted by atomic mass is 35.5. The Morgan fingerprint density at radius 1 is 1.29 bits per heavy atom. The van der Waals surface area contributed by atoms with Crippen LogP contribution in [0, 0.1) is 5.92 Å². The van der Waals surface area contributed by atoms with Crippen LogP contribution in [0.25, 0.3) is 0 Å². The van der Waals surface area contributed by atoms with Crippen LogP contribution in [-0.4, -0.2) is 16.9 Å². The number of alkyl halides is 3. The molecule has 116 valence electrons. The molecule has 3 rings (SSSR count). The van der Waals surface area contributed by atoms with Crippen LogP contribution in [0.5, 0.6) is 5.75 Å². The second-order valence-corrected chi connectivity index (χ2v) is 6.46. The maximum Gasteiger partial charge on any atom is 0.391 e. The standard InChI is InChI=1S/C15H16ClF3O2/c16-10-3-4-13-11(6-10)12(20)8-14(21-13)5-1-2-9(7-14)15(17,18)19/h3-4,6,9,12,20H,1-2,5,7-8H2/t9?,12-,14?/m1/s1. The van der Waals surface area contributed by atoms with Gasteiger partial charge in [0.25, 0.3) is 0 Å². The number of benzene rings is 1. The lowest BCUT2D eigenvalue weighted by Gasteiger charge is -2.45. The highest BCUT2D eigenvalue weighted by Crippen LogP contribution is 2.50. The number of aliphatic hydroxyl groups excluding tert-OH is 1. The number of ether oxygens (including phenoxy) is 1. The summed E-state index contributed by atoms with van der Waals surface area (Å²) in [5.41, 5.74) is -0.360. The minimum Gasteiger partial charge on any atom is -0.487 e. The van der Waals surface area contributed by atoms with Gasteiger partial charge in [-0.2, -0.15) is 13.2 Å². The van der Waals surface area contributed by atoms with Crippen molar-refractivity contribution in [3.8, 4) is 5.75 Å². The van der Waals surface area contributed by atoms with Crippen LogP contribution in [0.2, 0.25) is 5.02 Å².